The van der Waals surface area contributed by atoms with Crippen LogP contribution in [0.5, 0.6) is 5.75 Å². The smallest absolute Gasteiger partial charge is 0.119 e. The minimum Gasteiger partial charge on any atom is -0.491 e. The third-order valence-corrected chi connectivity index (χ3v) is 2.58. The Hall–Kier alpha value is -1.26. The highest BCUT2D eigenvalue weighted by Crippen LogP contribution is 2.20. The van der Waals surface area contributed by atoms with Gasteiger partial charge in [0.15, 0.2) is 0 Å². The minimum atomic E-state index is -0.271. The minimum absolute atomic E-state index is 0.0722. The number of hydrogen-bond donors (Lipinski definition) is 2. The molecule has 4 heteroatoms. The highest BCUT2D eigenvalue weighted by Gasteiger charge is 2.12. The summed E-state index contributed by atoms with van der Waals surface area (Å²) in [6.07, 6.45) is 0.154. The molecule has 1 rings (SSSR count). The van der Waals surface area contributed by atoms with E-state index in [0.717, 1.165) is 11.4 Å². The summed E-state index contributed by atoms with van der Waals surface area (Å²) in [5.74, 6) is 0.821. The van der Waals surface area contributed by atoms with Crippen molar-refractivity contribution in [3.8, 4) is 5.75 Å². The molecule has 0 atom stereocenters. The molecule has 2 N–H and O–H groups in total. The number of benzene rings is 1. The van der Waals surface area contributed by atoms with Crippen molar-refractivity contribution < 1.29 is 14.9 Å². The van der Waals surface area contributed by atoms with Crippen LogP contribution in [-0.4, -0.2) is 42.6 Å². The zero-order valence-electron chi connectivity index (χ0n) is 10.6. The second-order valence-electron chi connectivity index (χ2n) is 4.29. The molecular weight excluding hydrogens is 218 g/mol. The summed E-state index contributed by atoms with van der Waals surface area (Å²) in [5, 5.41) is 18.2. The van der Waals surface area contributed by atoms with Gasteiger partial charge in [-0.15, -0.1) is 0 Å². The van der Waals surface area contributed by atoms with E-state index >= 15 is 0 Å². The van der Waals surface area contributed by atoms with Crippen molar-refractivity contribution in [3.05, 3.63) is 24.3 Å². The topological polar surface area (TPSA) is 52.9 Å². The Bertz CT molecular complexity index is 320. The summed E-state index contributed by atoms with van der Waals surface area (Å²) < 4.78 is 5.54. The van der Waals surface area contributed by atoms with Gasteiger partial charge in [-0.05, 0) is 38.1 Å². The van der Waals surface area contributed by atoms with E-state index in [0.29, 0.717) is 0 Å². The zero-order valence-corrected chi connectivity index (χ0v) is 10.6. The van der Waals surface area contributed by atoms with E-state index in [4.69, 9.17) is 14.9 Å². The largest absolute Gasteiger partial charge is 0.491 e. The van der Waals surface area contributed by atoms with Crippen LogP contribution in [0.3, 0.4) is 0 Å². The first-order valence-electron chi connectivity index (χ1n) is 5.79. The Morgan fingerprint density at radius 3 is 2.06 bits per heavy atom. The van der Waals surface area contributed by atoms with Gasteiger partial charge < -0.3 is 19.8 Å². The summed E-state index contributed by atoms with van der Waals surface area (Å²) in [5.41, 5.74) is 0.939. The fourth-order valence-corrected chi connectivity index (χ4v) is 1.55. The number of aliphatic hydroxyl groups excluding tert-OH is 2. The third kappa shape index (κ3) is 3.91. The average molecular weight is 239 g/mol. The zero-order chi connectivity index (χ0) is 12.8. The fourth-order valence-electron chi connectivity index (χ4n) is 1.55. The molecule has 0 aliphatic carbocycles. The summed E-state index contributed by atoms with van der Waals surface area (Å²) in [4.78, 5) is 1.85. The summed E-state index contributed by atoms with van der Waals surface area (Å²) >= 11 is 0. The van der Waals surface area contributed by atoms with E-state index < -0.39 is 0 Å². The third-order valence-electron chi connectivity index (χ3n) is 2.58. The van der Waals surface area contributed by atoms with E-state index in [9.17, 15) is 0 Å². The first-order chi connectivity index (χ1) is 8.08. The fraction of sp³-hybridized carbons (Fsp3) is 0.538. The van der Waals surface area contributed by atoms with Crippen LogP contribution in [0.1, 0.15) is 13.8 Å². The number of nitrogens with zero attached hydrogens (tertiary/aromatic N) is 1. The molecule has 0 saturated heterocycles. The van der Waals surface area contributed by atoms with E-state index in [2.05, 4.69) is 0 Å². The van der Waals surface area contributed by atoms with Crippen molar-refractivity contribution in [2.75, 3.05) is 25.2 Å². The predicted molar refractivity (Wildman–Crippen MR) is 68.6 cm³/mol. The van der Waals surface area contributed by atoms with Crippen LogP contribution in [0, 0.1) is 0 Å². The Kier molecular flexibility index (Phi) is 5.25. The van der Waals surface area contributed by atoms with Crippen molar-refractivity contribution in [1.29, 1.82) is 0 Å². The van der Waals surface area contributed by atoms with E-state index in [-0.39, 0.29) is 25.4 Å². The van der Waals surface area contributed by atoms with Crippen LogP contribution in [-0.2, 0) is 0 Å². The number of anilines is 1. The molecular formula is C13H21NO3. The number of rotatable bonds is 6. The lowest BCUT2D eigenvalue weighted by Gasteiger charge is -2.27. The molecule has 0 aromatic heterocycles. The van der Waals surface area contributed by atoms with Crippen molar-refractivity contribution in [2.45, 2.75) is 26.0 Å². The van der Waals surface area contributed by atoms with Gasteiger partial charge in [-0.1, -0.05) is 0 Å². The Labute approximate surface area is 102 Å². The number of hydrogen-bond acceptors (Lipinski definition) is 4. The highest BCUT2D eigenvalue weighted by molar-refractivity contribution is 5.49. The lowest BCUT2D eigenvalue weighted by Crippen LogP contribution is -2.37. The second kappa shape index (κ2) is 6.47. The normalized spacial score (nSPS) is 11.0. The molecule has 1 aromatic carbocycles. The van der Waals surface area contributed by atoms with Gasteiger partial charge >= 0.3 is 0 Å². The SMILES string of the molecule is CC(C)Oc1ccc(N(C)C(CO)CO)cc1. The van der Waals surface area contributed by atoms with Gasteiger partial charge in [0, 0.05) is 12.7 Å². The van der Waals surface area contributed by atoms with Crippen molar-refractivity contribution in [2.24, 2.45) is 0 Å². The molecule has 0 heterocycles. The molecule has 17 heavy (non-hydrogen) atoms. The van der Waals surface area contributed by atoms with Crippen LogP contribution < -0.4 is 9.64 Å². The molecule has 0 aliphatic rings. The van der Waals surface area contributed by atoms with Crippen molar-refractivity contribution in [1.82, 2.24) is 0 Å². The predicted octanol–water partition coefficient (Wildman–Crippen LogP) is 1.26. The maximum Gasteiger partial charge on any atom is 0.119 e. The number of ether oxygens (including phenoxy) is 1. The Morgan fingerprint density at radius 1 is 1.12 bits per heavy atom. The van der Waals surface area contributed by atoms with Crippen LogP contribution in [0.2, 0.25) is 0 Å². The van der Waals surface area contributed by atoms with Crippen LogP contribution in [0.4, 0.5) is 5.69 Å². The maximum atomic E-state index is 9.10. The Balaban J connectivity index is 2.72. The Morgan fingerprint density at radius 2 is 1.65 bits per heavy atom. The first kappa shape index (κ1) is 13.8. The molecule has 0 aliphatic heterocycles. The summed E-state index contributed by atoms with van der Waals surface area (Å²) in [6, 6.07) is 7.33. The molecule has 0 saturated carbocycles. The number of likely N-dealkylation sites (N-methyl/N-ethyl adjacent to an activating group) is 1. The first-order valence-corrected chi connectivity index (χ1v) is 5.79. The highest BCUT2D eigenvalue weighted by atomic mass is 16.5. The van der Waals surface area contributed by atoms with Gasteiger partial charge in [-0.25, -0.2) is 0 Å². The molecule has 0 unspecified atom stereocenters. The summed E-state index contributed by atoms with van der Waals surface area (Å²) in [6.45, 7) is 3.82. The van der Waals surface area contributed by atoms with Gasteiger partial charge in [-0.3, -0.25) is 0 Å². The van der Waals surface area contributed by atoms with Crippen LogP contribution in [0.15, 0.2) is 24.3 Å². The lowest BCUT2D eigenvalue weighted by atomic mass is 10.2. The van der Waals surface area contributed by atoms with Gasteiger partial charge in [0.25, 0.3) is 0 Å². The number of aliphatic hydroxyl groups is 2. The second-order valence-corrected chi connectivity index (χ2v) is 4.29. The van der Waals surface area contributed by atoms with Crippen LogP contribution in [0.25, 0.3) is 0 Å². The molecule has 0 radical (unpaired) electrons. The lowest BCUT2D eigenvalue weighted by molar-refractivity contribution is 0.191. The summed E-state index contributed by atoms with van der Waals surface area (Å²) in [7, 11) is 1.84. The van der Waals surface area contributed by atoms with Crippen molar-refractivity contribution in [3.63, 3.8) is 0 Å². The van der Waals surface area contributed by atoms with E-state index in [1.165, 1.54) is 0 Å². The average Bonchev–Trinajstić information content (AvgIpc) is 2.30. The molecule has 1 aromatic rings. The van der Waals surface area contributed by atoms with E-state index in [1.807, 2.05) is 50.1 Å². The molecule has 0 spiro atoms. The monoisotopic (exact) mass is 239 g/mol. The van der Waals surface area contributed by atoms with Gasteiger partial charge in [0.05, 0.1) is 25.4 Å². The quantitative estimate of drug-likeness (QED) is 0.785. The molecule has 4 nitrogen and oxygen atoms in total. The molecule has 0 bridgehead atoms. The van der Waals surface area contributed by atoms with Crippen molar-refractivity contribution >= 4 is 5.69 Å². The standard InChI is InChI=1S/C13H21NO3/c1-10(2)17-13-6-4-11(5-7-13)14(3)12(8-15)9-16/h4-7,10,12,15-16H,8-9H2,1-3H3. The van der Waals surface area contributed by atoms with Gasteiger partial charge in [0.2, 0.25) is 0 Å². The maximum absolute atomic E-state index is 9.10. The van der Waals surface area contributed by atoms with Gasteiger partial charge in [0.1, 0.15) is 5.75 Å². The van der Waals surface area contributed by atoms with Gasteiger partial charge in [-0.2, -0.15) is 0 Å². The van der Waals surface area contributed by atoms with Crippen LogP contribution >= 0.6 is 0 Å². The molecule has 0 fully saturated rings. The van der Waals surface area contributed by atoms with E-state index in [1.54, 1.807) is 0 Å². The molecule has 0 amide bonds. The molecule has 96 valence electrons.